The summed E-state index contributed by atoms with van der Waals surface area (Å²) >= 11 is 1.61. The van der Waals surface area contributed by atoms with Crippen LogP contribution >= 0.6 is 11.3 Å². The van der Waals surface area contributed by atoms with Crippen LogP contribution < -0.4 is 5.73 Å². The number of amides is 1. The third-order valence-electron chi connectivity index (χ3n) is 3.66. The minimum absolute atomic E-state index is 0.0877. The summed E-state index contributed by atoms with van der Waals surface area (Å²) in [5, 5.41) is 2.97. The van der Waals surface area contributed by atoms with E-state index in [4.69, 9.17) is 10.5 Å². The Bertz CT molecular complexity index is 456. The summed E-state index contributed by atoms with van der Waals surface area (Å²) in [5.41, 5.74) is 5.50. The molecule has 21 heavy (non-hydrogen) atoms. The van der Waals surface area contributed by atoms with Crippen molar-refractivity contribution in [2.75, 3.05) is 13.1 Å². The number of likely N-dealkylation sites (tertiary alicyclic amines) is 1. The molecule has 2 N–H and O–H groups in total. The molecule has 2 rings (SSSR count). The zero-order chi connectivity index (χ0) is 15.5. The van der Waals surface area contributed by atoms with Crippen LogP contribution in [0.2, 0.25) is 0 Å². The molecular weight excluding hydrogens is 286 g/mol. The van der Waals surface area contributed by atoms with Gasteiger partial charge in [0, 0.05) is 36.6 Å². The zero-order valence-electron chi connectivity index (χ0n) is 13.0. The molecule has 0 aliphatic carbocycles. The molecule has 1 amide bonds. The lowest BCUT2D eigenvalue weighted by Gasteiger charge is -2.40. The van der Waals surface area contributed by atoms with Crippen LogP contribution in [-0.4, -0.2) is 40.7 Å². The Morgan fingerprint density at radius 3 is 2.90 bits per heavy atom. The van der Waals surface area contributed by atoms with Crippen molar-refractivity contribution in [1.82, 2.24) is 9.88 Å². The Morgan fingerprint density at radius 1 is 1.57 bits per heavy atom. The highest BCUT2D eigenvalue weighted by molar-refractivity contribution is 7.09. The summed E-state index contributed by atoms with van der Waals surface area (Å²) in [7, 11) is 0. The van der Waals surface area contributed by atoms with Crippen molar-refractivity contribution in [2.45, 2.75) is 57.6 Å². The van der Waals surface area contributed by atoms with Crippen molar-refractivity contribution < 1.29 is 9.53 Å². The molecule has 1 aromatic heterocycles. The van der Waals surface area contributed by atoms with Gasteiger partial charge in [0.05, 0.1) is 5.01 Å². The fourth-order valence-electron chi connectivity index (χ4n) is 2.76. The number of aromatic nitrogens is 1. The van der Waals surface area contributed by atoms with Gasteiger partial charge in [-0.25, -0.2) is 9.78 Å². The summed E-state index contributed by atoms with van der Waals surface area (Å²) in [4.78, 5) is 18.7. The highest BCUT2D eigenvalue weighted by Gasteiger charge is 2.36. The molecule has 2 unspecified atom stereocenters. The molecule has 1 aliphatic heterocycles. The van der Waals surface area contributed by atoms with Crippen molar-refractivity contribution in [3.63, 3.8) is 0 Å². The van der Waals surface area contributed by atoms with Crippen molar-refractivity contribution in [3.8, 4) is 0 Å². The van der Waals surface area contributed by atoms with Gasteiger partial charge < -0.3 is 15.4 Å². The van der Waals surface area contributed by atoms with Gasteiger partial charge in [0.1, 0.15) is 5.60 Å². The predicted octanol–water partition coefficient (Wildman–Crippen LogP) is 2.98. The molecule has 1 aliphatic rings. The molecule has 2 heterocycles. The summed E-state index contributed by atoms with van der Waals surface area (Å²) in [6, 6.07) is 0.0877. The van der Waals surface area contributed by atoms with Crippen LogP contribution in [0.1, 0.15) is 51.0 Å². The van der Waals surface area contributed by atoms with E-state index < -0.39 is 5.60 Å². The van der Waals surface area contributed by atoms with Gasteiger partial charge in [-0.15, -0.1) is 11.3 Å². The molecule has 0 aromatic carbocycles. The van der Waals surface area contributed by atoms with Crippen LogP contribution in [-0.2, 0) is 4.74 Å². The monoisotopic (exact) mass is 311 g/mol. The van der Waals surface area contributed by atoms with Gasteiger partial charge in [-0.2, -0.15) is 0 Å². The van der Waals surface area contributed by atoms with Gasteiger partial charge in [-0.1, -0.05) is 0 Å². The predicted molar refractivity (Wildman–Crippen MR) is 84.5 cm³/mol. The number of hydrogen-bond donors (Lipinski definition) is 1. The number of thiazole rings is 1. The number of rotatable bonds is 3. The summed E-state index contributed by atoms with van der Waals surface area (Å²) in [6.07, 6.45) is 4.66. The first-order valence-electron chi connectivity index (χ1n) is 7.51. The Hall–Kier alpha value is -1.14. The molecule has 1 aromatic rings. The summed E-state index contributed by atoms with van der Waals surface area (Å²) < 4.78 is 5.55. The number of piperidine rings is 1. The lowest BCUT2D eigenvalue weighted by Crippen LogP contribution is -2.50. The Labute approximate surface area is 130 Å². The first-order valence-corrected chi connectivity index (χ1v) is 8.39. The van der Waals surface area contributed by atoms with Crippen LogP contribution in [0.4, 0.5) is 4.79 Å². The van der Waals surface area contributed by atoms with Crippen LogP contribution in [0, 0.1) is 0 Å². The van der Waals surface area contributed by atoms with E-state index in [9.17, 15) is 4.79 Å². The summed E-state index contributed by atoms with van der Waals surface area (Å²) in [5.74, 6) is 0.0952. The Balaban J connectivity index is 2.16. The lowest BCUT2D eigenvalue weighted by atomic mass is 9.91. The first-order chi connectivity index (χ1) is 9.92. The quantitative estimate of drug-likeness (QED) is 0.932. The van der Waals surface area contributed by atoms with E-state index in [-0.39, 0.29) is 18.1 Å². The Kier molecular flexibility index (Phi) is 5.22. The average Bonchev–Trinajstić information content (AvgIpc) is 2.92. The fourth-order valence-corrected chi connectivity index (χ4v) is 3.57. The highest BCUT2D eigenvalue weighted by Crippen LogP contribution is 2.31. The molecular formula is C15H25N3O2S. The van der Waals surface area contributed by atoms with E-state index in [2.05, 4.69) is 4.98 Å². The molecule has 0 spiro atoms. The van der Waals surface area contributed by atoms with E-state index in [1.165, 1.54) is 0 Å². The van der Waals surface area contributed by atoms with Crippen molar-refractivity contribution >= 4 is 17.4 Å². The smallest absolute Gasteiger partial charge is 0.410 e. The maximum absolute atomic E-state index is 12.5. The van der Waals surface area contributed by atoms with Crippen molar-refractivity contribution in [1.29, 1.82) is 0 Å². The summed E-state index contributed by atoms with van der Waals surface area (Å²) in [6.45, 7) is 6.92. The average molecular weight is 311 g/mol. The second-order valence-electron chi connectivity index (χ2n) is 6.45. The minimum atomic E-state index is -0.474. The topological polar surface area (TPSA) is 68.5 Å². The third-order valence-corrected chi connectivity index (χ3v) is 4.57. The lowest BCUT2D eigenvalue weighted by molar-refractivity contribution is 0.00664. The standard InChI is InChI=1S/C15H25N3O2S/c1-15(2,3)20-14(19)18-8-5-4-6-12(18)11(10-16)13-17-7-9-21-13/h7,9,11-12H,4-6,8,10,16H2,1-3H3. The van der Waals surface area contributed by atoms with E-state index in [1.807, 2.05) is 31.1 Å². The van der Waals surface area contributed by atoms with Gasteiger partial charge in [-0.05, 0) is 40.0 Å². The van der Waals surface area contributed by atoms with Gasteiger partial charge in [-0.3, -0.25) is 0 Å². The van der Waals surface area contributed by atoms with Gasteiger partial charge >= 0.3 is 6.09 Å². The van der Waals surface area contributed by atoms with Gasteiger partial charge in [0.2, 0.25) is 0 Å². The third kappa shape index (κ3) is 4.17. The SMILES string of the molecule is CC(C)(C)OC(=O)N1CCCCC1C(CN)c1nccs1. The van der Waals surface area contributed by atoms with Crippen molar-refractivity contribution in [3.05, 3.63) is 16.6 Å². The number of carbonyl (C=O) groups is 1. The van der Waals surface area contributed by atoms with Crippen LogP contribution in [0.3, 0.4) is 0 Å². The largest absolute Gasteiger partial charge is 0.444 e. The minimum Gasteiger partial charge on any atom is -0.444 e. The molecule has 0 bridgehead atoms. The fraction of sp³-hybridized carbons (Fsp3) is 0.733. The molecule has 1 saturated heterocycles. The molecule has 1 fully saturated rings. The van der Waals surface area contributed by atoms with E-state index in [1.54, 1.807) is 17.5 Å². The second kappa shape index (κ2) is 6.75. The molecule has 2 atom stereocenters. The Morgan fingerprint density at radius 2 is 2.33 bits per heavy atom. The normalized spacial score (nSPS) is 21.1. The maximum atomic E-state index is 12.5. The highest BCUT2D eigenvalue weighted by atomic mass is 32.1. The van der Waals surface area contributed by atoms with Crippen LogP contribution in [0.5, 0.6) is 0 Å². The molecule has 118 valence electrons. The molecule has 0 saturated carbocycles. The van der Waals surface area contributed by atoms with E-state index >= 15 is 0 Å². The van der Waals surface area contributed by atoms with Gasteiger partial charge in [0.15, 0.2) is 0 Å². The zero-order valence-corrected chi connectivity index (χ0v) is 13.9. The molecule has 6 heteroatoms. The number of hydrogen-bond acceptors (Lipinski definition) is 5. The van der Waals surface area contributed by atoms with Crippen molar-refractivity contribution in [2.24, 2.45) is 5.73 Å². The van der Waals surface area contributed by atoms with E-state index in [0.29, 0.717) is 6.54 Å². The number of ether oxygens (including phenoxy) is 1. The van der Waals surface area contributed by atoms with Gasteiger partial charge in [0.25, 0.3) is 0 Å². The molecule has 5 nitrogen and oxygen atoms in total. The van der Waals surface area contributed by atoms with Crippen LogP contribution in [0.25, 0.3) is 0 Å². The molecule has 0 radical (unpaired) electrons. The number of carbonyl (C=O) groups excluding carboxylic acids is 1. The maximum Gasteiger partial charge on any atom is 0.410 e. The number of nitrogens with two attached hydrogens (primary N) is 1. The second-order valence-corrected chi connectivity index (χ2v) is 7.38. The van der Waals surface area contributed by atoms with Crippen LogP contribution in [0.15, 0.2) is 11.6 Å². The van der Waals surface area contributed by atoms with E-state index in [0.717, 1.165) is 30.8 Å². The number of nitrogens with zero attached hydrogens (tertiary/aromatic N) is 2. The first kappa shape index (κ1) is 16.2.